The number of rotatable bonds is 7. The van der Waals surface area contributed by atoms with Crippen molar-refractivity contribution in [3.05, 3.63) is 28.3 Å². The van der Waals surface area contributed by atoms with Crippen molar-refractivity contribution >= 4 is 29.1 Å². The van der Waals surface area contributed by atoms with Crippen molar-refractivity contribution in [3.8, 4) is 0 Å². The van der Waals surface area contributed by atoms with Gasteiger partial charge in [0.1, 0.15) is 0 Å². The molecule has 23 heavy (non-hydrogen) atoms. The summed E-state index contributed by atoms with van der Waals surface area (Å²) in [4.78, 5) is 25.0. The van der Waals surface area contributed by atoms with Crippen LogP contribution in [0.25, 0.3) is 0 Å². The van der Waals surface area contributed by atoms with Gasteiger partial charge in [0, 0.05) is 6.04 Å². The SMILES string of the molecule is CC[NH+](CC(=O)Nc1c(C)cc(C)cc1Cl)CC(=O)NC(C)C. The summed E-state index contributed by atoms with van der Waals surface area (Å²) in [5, 5.41) is 6.24. The summed E-state index contributed by atoms with van der Waals surface area (Å²) in [5.41, 5.74) is 2.62. The molecule has 0 aromatic heterocycles. The van der Waals surface area contributed by atoms with Crippen LogP contribution in [0.15, 0.2) is 12.1 Å². The third-order valence-electron chi connectivity index (χ3n) is 3.47. The van der Waals surface area contributed by atoms with Gasteiger partial charge in [-0.1, -0.05) is 17.7 Å². The van der Waals surface area contributed by atoms with E-state index in [0.29, 0.717) is 17.3 Å². The first-order valence-electron chi connectivity index (χ1n) is 7.92. The maximum atomic E-state index is 12.3. The zero-order chi connectivity index (χ0) is 17.6. The smallest absolute Gasteiger partial charge is 0.279 e. The van der Waals surface area contributed by atoms with Gasteiger partial charge >= 0.3 is 0 Å². The van der Waals surface area contributed by atoms with Crippen LogP contribution in [-0.4, -0.2) is 37.5 Å². The Labute approximate surface area is 143 Å². The van der Waals surface area contributed by atoms with E-state index in [1.807, 2.05) is 46.8 Å². The Kier molecular flexibility index (Phi) is 7.52. The van der Waals surface area contributed by atoms with Crippen molar-refractivity contribution in [2.45, 2.75) is 40.7 Å². The number of carbonyl (C=O) groups excluding carboxylic acids is 2. The number of hydrogen-bond donors (Lipinski definition) is 3. The van der Waals surface area contributed by atoms with Crippen LogP contribution >= 0.6 is 11.6 Å². The Balaban J connectivity index is 2.66. The molecule has 0 aliphatic rings. The normalized spacial score (nSPS) is 12.1. The molecule has 0 heterocycles. The molecule has 1 aromatic rings. The highest BCUT2D eigenvalue weighted by atomic mass is 35.5. The fraction of sp³-hybridized carbons (Fsp3) is 0.529. The second-order valence-electron chi connectivity index (χ2n) is 6.17. The lowest BCUT2D eigenvalue weighted by atomic mass is 10.1. The molecule has 0 radical (unpaired) electrons. The van der Waals surface area contributed by atoms with E-state index in [-0.39, 0.29) is 30.9 Å². The van der Waals surface area contributed by atoms with Crippen LogP contribution in [0.5, 0.6) is 0 Å². The van der Waals surface area contributed by atoms with Gasteiger partial charge in [-0.15, -0.1) is 0 Å². The van der Waals surface area contributed by atoms with Gasteiger partial charge in [0.05, 0.1) is 17.3 Å². The molecular weight excluding hydrogens is 314 g/mol. The first-order chi connectivity index (χ1) is 10.7. The average Bonchev–Trinajstić information content (AvgIpc) is 2.41. The molecule has 0 bridgehead atoms. The summed E-state index contributed by atoms with van der Waals surface area (Å²) < 4.78 is 0. The highest BCUT2D eigenvalue weighted by Gasteiger charge is 2.18. The van der Waals surface area contributed by atoms with Gasteiger partial charge in [-0.2, -0.15) is 0 Å². The van der Waals surface area contributed by atoms with E-state index >= 15 is 0 Å². The van der Waals surface area contributed by atoms with E-state index in [0.717, 1.165) is 16.0 Å². The maximum Gasteiger partial charge on any atom is 0.279 e. The zero-order valence-corrected chi connectivity index (χ0v) is 15.3. The average molecular weight is 341 g/mol. The Morgan fingerprint density at radius 2 is 1.78 bits per heavy atom. The topological polar surface area (TPSA) is 62.6 Å². The number of aryl methyl sites for hydroxylation is 2. The third kappa shape index (κ3) is 6.59. The Bertz CT molecular complexity index is 550. The van der Waals surface area contributed by atoms with Crippen LogP contribution < -0.4 is 15.5 Å². The second kappa shape index (κ2) is 8.89. The first kappa shape index (κ1) is 19.5. The summed E-state index contributed by atoms with van der Waals surface area (Å²) in [5.74, 6) is -0.192. The molecule has 5 nitrogen and oxygen atoms in total. The second-order valence-corrected chi connectivity index (χ2v) is 6.57. The molecule has 0 spiro atoms. The molecule has 0 fully saturated rings. The minimum Gasteiger partial charge on any atom is -0.349 e. The summed E-state index contributed by atoms with van der Waals surface area (Å²) >= 11 is 6.21. The van der Waals surface area contributed by atoms with Crippen molar-refractivity contribution < 1.29 is 14.5 Å². The van der Waals surface area contributed by atoms with Crippen molar-refractivity contribution in [1.82, 2.24) is 5.32 Å². The highest BCUT2D eigenvalue weighted by molar-refractivity contribution is 6.34. The zero-order valence-electron chi connectivity index (χ0n) is 14.5. The van der Waals surface area contributed by atoms with Gasteiger partial charge in [0.2, 0.25) is 0 Å². The molecule has 0 aliphatic carbocycles. The number of halogens is 1. The molecule has 128 valence electrons. The molecule has 2 amide bonds. The number of carbonyl (C=O) groups is 2. The molecular formula is C17H27ClN3O2+. The monoisotopic (exact) mass is 340 g/mol. The highest BCUT2D eigenvalue weighted by Crippen LogP contribution is 2.26. The quantitative estimate of drug-likeness (QED) is 0.701. The van der Waals surface area contributed by atoms with Crippen molar-refractivity contribution in [1.29, 1.82) is 0 Å². The summed E-state index contributed by atoms with van der Waals surface area (Å²) in [7, 11) is 0. The molecule has 0 aliphatic heterocycles. The van der Waals surface area contributed by atoms with Crippen LogP contribution in [-0.2, 0) is 9.59 Å². The van der Waals surface area contributed by atoms with Crippen LogP contribution in [0.1, 0.15) is 31.9 Å². The van der Waals surface area contributed by atoms with Crippen LogP contribution in [0.2, 0.25) is 5.02 Å². The van der Waals surface area contributed by atoms with E-state index in [1.54, 1.807) is 0 Å². The molecule has 1 unspecified atom stereocenters. The van der Waals surface area contributed by atoms with E-state index in [9.17, 15) is 9.59 Å². The predicted octanol–water partition coefficient (Wildman–Crippen LogP) is 1.32. The largest absolute Gasteiger partial charge is 0.349 e. The fourth-order valence-corrected chi connectivity index (χ4v) is 2.77. The number of benzene rings is 1. The molecule has 1 aromatic carbocycles. The van der Waals surface area contributed by atoms with Gasteiger partial charge in [-0.05, 0) is 51.8 Å². The van der Waals surface area contributed by atoms with E-state index < -0.39 is 0 Å². The summed E-state index contributed by atoms with van der Waals surface area (Å²) in [6.45, 7) is 10.9. The number of quaternary nitrogens is 1. The number of likely N-dealkylation sites (N-methyl/N-ethyl adjacent to an activating group) is 1. The Hall–Kier alpha value is -1.59. The van der Waals surface area contributed by atoms with E-state index in [4.69, 9.17) is 11.6 Å². The molecule has 3 N–H and O–H groups in total. The lowest BCUT2D eigenvalue weighted by molar-refractivity contribution is -0.881. The number of nitrogens with one attached hydrogen (secondary N) is 3. The predicted molar refractivity (Wildman–Crippen MR) is 94.1 cm³/mol. The minimum atomic E-state index is -0.145. The third-order valence-corrected chi connectivity index (χ3v) is 3.77. The van der Waals surface area contributed by atoms with E-state index in [1.165, 1.54) is 0 Å². The standard InChI is InChI=1S/C17H26ClN3O2/c1-6-21(9-15(22)19-11(2)3)10-16(23)20-17-13(5)7-12(4)8-14(17)18/h7-8,11H,6,9-10H2,1-5H3,(H,19,22)(H,20,23)/p+1. The van der Waals surface area contributed by atoms with Gasteiger partial charge in [0.25, 0.3) is 11.8 Å². The van der Waals surface area contributed by atoms with E-state index in [2.05, 4.69) is 10.6 Å². The lowest BCUT2D eigenvalue weighted by Crippen LogP contribution is -3.14. The molecule has 0 saturated heterocycles. The number of amides is 2. The fourth-order valence-electron chi connectivity index (χ4n) is 2.40. The number of hydrogen-bond acceptors (Lipinski definition) is 2. The first-order valence-corrected chi connectivity index (χ1v) is 8.30. The molecule has 6 heteroatoms. The van der Waals surface area contributed by atoms with Gasteiger partial charge < -0.3 is 15.5 Å². The summed E-state index contributed by atoms with van der Waals surface area (Å²) in [6.07, 6.45) is 0. The lowest BCUT2D eigenvalue weighted by Gasteiger charge is -2.18. The van der Waals surface area contributed by atoms with Crippen LogP contribution in [0.3, 0.4) is 0 Å². The number of anilines is 1. The summed E-state index contributed by atoms with van der Waals surface area (Å²) in [6, 6.07) is 3.90. The van der Waals surface area contributed by atoms with Gasteiger partial charge in [-0.25, -0.2) is 0 Å². The molecule has 1 rings (SSSR count). The van der Waals surface area contributed by atoms with Crippen LogP contribution in [0, 0.1) is 13.8 Å². The minimum absolute atomic E-state index is 0.0470. The van der Waals surface area contributed by atoms with Crippen LogP contribution in [0.4, 0.5) is 5.69 Å². The maximum absolute atomic E-state index is 12.3. The molecule has 1 atom stereocenters. The van der Waals surface area contributed by atoms with Crippen molar-refractivity contribution in [3.63, 3.8) is 0 Å². The van der Waals surface area contributed by atoms with Gasteiger partial charge in [-0.3, -0.25) is 9.59 Å². The molecule has 0 saturated carbocycles. The van der Waals surface area contributed by atoms with Crippen molar-refractivity contribution in [2.24, 2.45) is 0 Å². The van der Waals surface area contributed by atoms with Crippen molar-refractivity contribution in [2.75, 3.05) is 25.0 Å². The van der Waals surface area contributed by atoms with Gasteiger partial charge in [0.15, 0.2) is 13.1 Å². The Morgan fingerprint density at radius 1 is 1.17 bits per heavy atom. The Morgan fingerprint density at radius 3 is 2.30 bits per heavy atom.